The standard InChI is InChI=1S/C21H26FN3O2S/c22-16-5-3-15(4-6-16)20(21(26)24-17-7-8-17)23-14-18(19-2-1-13-28-19)25-9-11-27-12-10-25/h1-6,13,17-18,20,23H,7-12,14H2,(H,24,26). The molecule has 0 radical (unpaired) electrons. The van der Waals surface area contributed by atoms with Crippen molar-refractivity contribution < 1.29 is 13.9 Å². The molecule has 1 saturated carbocycles. The Morgan fingerprint density at radius 2 is 1.96 bits per heavy atom. The molecule has 7 heteroatoms. The number of ether oxygens (including phenoxy) is 1. The molecule has 4 rings (SSSR count). The first kappa shape index (κ1) is 19.5. The molecule has 1 aliphatic heterocycles. The predicted octanol–water partition coefficient (Wildman–Crippen LogP) is 2.87. The summed E-state index contributed by atoms with van der Waals surface area (Å²) in [7, 11) is 0. The third-order valence-electron chi connectivity index (χ3n) is 5.26. The number of carbonyl (C=O) groups is 1. The van der Waals surface area contributed by atoms with Gasteiger partial charge in [0, 0.05) is 30.6 Å². The number of amides is 1. The van der Waals surface area contributed by atoms with Gasteiger partial charge in [-0.1, -0.05) is 18.2 Å². The summed E-state index contributed by atoms with van der Waals surface area (Å²) in [5, 5.41) is 8.63. The lowest BCUT2D eigenvalue weighted by molar-refractivity contribution is -0.123. The average Bonchev–Trinajstić information content (AvgIpc) is 3.36. The average molecular weight is 404 g/mol. The van der Waals surface area contributed by atoms with Crippen LogP contribution in [0.15, 0.2) is 41.8 Å². The van der Waals surface area contributed by atoms with E-state index in [0.29, 0.717) is 6.54 Å². The lowest BCUT2D eigenvalue weighted by Gasteiger charge is -2.35. The molecule has 28 heavy (non-hydrogen) atoms. The summed E-state index contributed by atoms with van der Waals surface area (Å²) in [6.07, 6.45) is 2.07. The second-order valence-electron chi connectivity index (χ2n) is 7.36. The van der Waals surface area contributed by atoms with Crippen LogP contribution in [0, 0.1) is 5.82 Å². The van der Waals surface area contributed by atoms with Crippen molar-refractivity contribution >= 4 is 17.2 Å². The summed E-state index contributed by atoms with van der Waals surface area (Å²) < 4.78 is 18.9. The molecule has 1 amide bonds. The molecule has 2 unspecified atom stereocenters. The normalized spacial score (nSPS) is 19.9. The molecule has 2 aromatic rings. The van der Waals surface area contributed by atoms with Crippen molar-refractivity contribution in [2.45, 2.75) is 31.0 Å². The van der Waals surface area contributed by atoms with E-state index < -0.39 is 6.04 Å². The number of nitrogens with zero attached hydrogens (tertiary/aromatic N) is 1. The Bertz CT molecular complexity index is 758. The maximum atomic E-state index is 13.4. The van der Waals surface area contributed by atoms with Crippen molar-refractivity contribution in [1.29, 1.82) is 0 Å². The molecule has 0 bridgehead atoms. The number of nitrogens with one attached hydrogen (secondary N) is 2. The van der Waals surface area contributed by atoms with Gasteiger partial charge in [0.1, 0.15) is 11.9 Å². The summed E-state index contributed by atoms with van der Waals surface area (Å²) in [4.78, 5) is 16.5. The van der Waals surface area contributed by atoms with Gasteiger partial charge in [0.05, 0.1) is 19.3 Å². The number of morpholine rings is 1. The van der Waals surface area contributed by atoms with Gasteiger partial charge in [-0.15, -0.1) is 11.3 Å². The molecule has 5 nitrogen and oxygen atoms in total. The van der Waals surface area contributed by atoms with Gasteiger partial charge in [0.2, 0.25) is 5.91 Å². The lowest BCUT2D eigenvalue weighted by atomic mass is 10.0. The lowest BCUT2D eigenvalue weighted by Crippen LogP contribution is -2.45. The number of carbonyl (C=O) groups excluding carboxylic acids is 1. The van der Waals surface area contributed by atoms with Crippen LogP contribution in [0.4, 0.5) is 4.39 Å². The zero-order valence-corrected chi connectivity index (χ0v) is 16.6. The van der Waals surface area contributed by atoms with E-state index >= 15 is 0 Å². The molecule has 1 saturated heterocycles. The predicted molar refractivity (Wildman–Crippen MR) is 108 cm³/mol. The van der Waals surface area contributed by atoms with E-state index in [2.05, 4.69) is 33.0 Å². The number of hydrogen-bond donors (Lipinski definition) is 2. The Morgan fingerprint density at radius 1 is 1.21 bits per heavy atom. The highest BCUT2D eigenvalue weighted by Crippen LogP contribution is 2.27. The Balaban J connectivity index is 1.50. The SMILES string of the molecule is O=C(NC1CC1)C(NCC(c1cccs1)N1CCOCC1)c1ccc(F)cc1. The van der Waals surface area contributed by atoms with E-state index in [1.165, 1.54) is 17.0 Å². The van der Waals surface area contributed by atoms with E-state index in [4.69, 9.17) is 4.74 Å². The molecule has 2 fully saturated rings. The fourth-order valence-electron chi connectivity index (χ4n) is 3.54. The van der Waals surface area contributed by atoms with E-state index in [1.807, 2.05) is 0 Å². The van der Waals surface area contributed by atoms with Gasteiger partial charge in [-0.05, 0) is 42.0 Å². The zero-order valence-electron chi connectivity index (χ0n) is 15.8. The summed E-state index contributed by atoms with van der Waals surface area (Å²) in [6, 6.07) is 10.4. The monoisotopic (exact) mass is 403 g/mol. The first-order chi connectivity index (χ1) is 13.7. The molecular weight excluding hydrogens is 377 g/mol. The Kier molecular flexibility index (Phi) is 6.36. The summed E-state index contributed by atoms with van der Waals surface area (Å²) in [6.45, 7) is 3.84. The first-order valence-electron chi connectivity index (χ1n) is 9.85. The topological polar surface area (TPSA) is 53.6 Å². The van der Waals surface area contributed by atoms with Gasteiger partial charge in [-0.25, -0.2) is 4.39 Å². The highest BCUT2D eigenvalue weighted by molar-refractivity contribution is 7.10. The van der Waals surface area contributed by atoms with Crippen LogP contribution >= 0.6 is 11.3 Å². The Labute approximate surface area is 168 Å². The van der Waals surface area contributed by atoms with Crippen molar-refractivity contribution in [2.24, 2.45) is 0 Å². The van der Waals surface area contributed by atoms with Crippen LogP contribution in [0.1, 0.15) is 35.4 Å². The second kappa shape index (κ2) is 9.13. The number of halogens is 1. The van der Waals surface area contributed by atoms with Crippen LogP contribution in [0.2, 0.25) is 0 Å². The quantitative estimate of drug-likeness (QED) is 0.712. The van der Waals surface area contributed by atoms with Crippen LogP contribution in [0.25, 0.3) is 0 Å². The van der Waals surface area contributed by atoms with Crippen molar-refractivity contribution in [3.63, 3.8) is 0 Å². The molecule has 2 aliphatic rings. The van der Waals surface area contributed by atoms with Crippen LogP contribution in [0.5, 0.6) is 0 Å². The molecule has 1 aromatic heterocycles. The third-order valence-corrected chi connectivity index (χ3v) is 6.24. The van der Waals surface area contributed by atoms with Crippen molar-refractivity contribution in [2.75, 3.05) is 32.8 Å². The molecule has 1 aromatic carbocycles. The molecule has 2 heterocycles. The van der Waals surface area contributed by atoms with E-state index in [9.17, 15) is 9.18 Å². The van der Waals surface area contributed by atoms with Gasteiger partial charge in [-0.2, -0.15) is 0 Å². The van der Waals surface area contributed by atoms with Gasteiger partial charge in [0.15, 0.2) is 0 Å². The van der Waals surface area contributed by atoms with Gasteiger partial charge in [-0.3, -0.25) is 9.69 Å². The summed E-state index contributed by atoms with van der Waals surface area (Å²) in [5.74, 6) is -0.337. The minimum Gasteiger partial charge on any atom is -0.379 e. The van der Waals surface area contributed by atoms with Gasteiger partial charge in [0.25, 0.3) is 0 Å². The largest absolute Gasteiger partial charge is 0.379 e. The highest BCUT2D eigenvalue weighted by atomic mass is 32.1. The van der Waals surface area contributed by atoms with Crippen LogP contribution in [0.3, 0.4) is 0 Å². The summed E-state index contributed by atoms with van der Waals surface area (Å²) in [5.41, 5.74) is 0.784. The maximum absolute atomic E-state index is 13.4. The molecule has 1 aliphatic carbocycles. The van der Waals surface area contributed by atoms with Crippen molar-refractivity contribution in [1.82, 2.24) is 15.5 Å². The van der Waals surface area contributed by atoms with Crippen LogP contribution in [-0.2, 0) is 9.53 Å². The Hall–Kier alpha value is -1.80. The van der Waals surface area contributed by atoms with Gasteiger partial charge < -0.3 is 15.4 Å². The molecule has 2 atom stereocenters. The molecule has 0 spiro atoms. The smallest absolute Gasteiger partial charge is 0.241 e. The number of thiophene rings is 1. The fraction of sp³-hybridized carbons (Fsp3) is 0.476. The fourth-order valence-corrected chi connectivity index (χ4v) is 4.40. The number of hydrogen-bond acceptors (Lipinski definition) is 5. The second-order valence-corrected chi connectivity index (χ2v) is 8.33. The van der Waals surface area contributed by atoms with Crippen LogP contribution in [-0.4, -0.2) is 49.7 Å². The van der Waals surface area contributed by atoms with Crippen molar-refractivity contribution in [3.05, 3.63) is 58.0 Å². The maximum Gasteiger partial charge on any atom is 0.241 e. The molecular formula is C21H26FN3O2S. The van der Waals surface area contributed by atoms with E-state index in [0.717, 1.165) is 44.7 Å². The Morgan fingerprint density at radius 3 is 2.61 bits per heavy atom. The zero-order chi connectivity index (χ0) is 19.3. The summed E-state index contributed by atoms with van der Waals surface area (Å²) >= 11 is 1.73. The molecule has 150 valence electrons. The van der Waals surface area contributed by atoms with E-state index in [1.54, 1.807) is 23.5 Å². The first-order valence-corrected chi connectivity index (χ1v) is 10.7. The molecule has 2 N–H and O–H groups in total. The highest BCUT2D eigenvalue weighted by Gasteiger charge is 2.30. The van der Waals surface area contributed by atoms with E-state index in [-0.39, 0.29) is 23.8 Å². The minimum absolute atomic E-state index is 0.0407. The van der Waals surface area contributed by atoms with Crippen LogP contribution < -0.4 is 10.6 Å². The number of rotatable bonds is 8. The number of benzene rings is 1. The van der Waals surface area contributed by atoms with Gasteiger partial charge >= 0.3 is 0 Å². The van der Waals surface area contributed by atoms with Crippen molar-refractivity contribution in [3.8, 4) is 0 Å². The minimum atomic E-state index is -0.496. The third kappa shape index (κ3) is 4.97.